The molecule has 1 heterocycles. The number of benzene rings is 1. The Morgan fingerprint density at radius 1 is 1.26 bits per heavy atom. The first-order valence-electron chi connectivity index (χ1n) is 5.62. The van der Waals surface area contributed by atoms with Crippen molar-refractivity contribution in [3.8, 4) is 11.6 Å². The van der Waals surface area contributed by atoms with Gasteiger partial charge in [0.2, 0.25) is 5.88 Å². The molecule has 1 N–H and O–H groups in total. The number of halogens is 1. The lowest BCUT2D eigenvalue weighted by Gasteiger charge is -2.09. The van der Waals surface area contributed by atoms with Gasteiger partial charge < -0.3 is 9.84 Å². The van der Waals surface area contributed by atoms with Crippen molar-refractivity contribution in [1.82, 2.24) is 4.98 Å². The Bertz CT molecular complexity index is 641. The third kappa shape index (κ3) is 2.88. The molecule has 0 aliphatic rings. The van der Waals surface area contributed by atoms with E-state index in [1.807, 2.05) is 0 Å². The van der Waals surface area contributed by atoms with Crippen molar-refractivity contribution in [3.63, 3.8) is 0 Å². The van der Waals surface area contributed by atoms with Gasteiger partial charge in [0.05, 0.1) is 0 Å². The Balaban J connectivity index is 2.39. The van der Waals surface area contributed by atoms with E-state index in [2.05, 4.69) is 4.98 Å². The SMILES string of the molecule is Cc1ccc(C(=O)O)c(Oc2ccc(C)c(F)c2)n1. The summed E-state index contributed by atoms with van der Waals surface area (Å²) in [5.41, 5.74) is 1.04. The molecule has 19 heavy (non-hydrogen) atoms. The van der Waals surface area contributed by atoms with Gasteiger partial charge in [0.25, 0.3) is 0 Å². The topological polar surface area (TPSA) is 59.4 Å². The van der Waals surface area contributed by atoms with Crippen molar-refractivity contribution in [2.45, 2.75) is 13.8 Å². The van der Waals surface area contributed by atoms with Crippen molar-refractivity contribution in [1.29, 1.82) is 0 Å². The number of nitrogens with zero attached hydrogens (tertiary/aromatic N) is 1. The maximum Gasteiger partial charge on any atom is 0.341 e. The van der Waals surface area contributed by atoms with Gasteiger partial charge in [0, 0.05) is 11.8 Å². The average molecular weight is 261 g/mol. The van der Waals surface area contributed by atoms with Crippen LogP contribution in [0.2, 0.25) is 0 Å². The Labute approximate surface area is 109 Å². The van der Waals surface area contributed by atoms with E-state index in [4.69, 9.17) is 9.84 Å². The molecule has 0 unspecified atom stereocenters. The van der Waals surface area contributed by atoms with E-state index in [-0.39, 0.29) is 17.2 Å². The molecule has 0 fully saturated rings. The second-order valence-electron chi connectivity index (χ2n) is 4.12. The number of rotatable bonds is 3. The molecular weight excluding hydrogens is 249 g/mol. The summed E-state index contributed by atoms with van der Waals surface area (Å²) in [6.45, 7) is 3.35. The molecule has 4 nitrogen and oxygen atoms in total. The molecule has 0 radical (unpaired) electrons. The van der Waals surface area contributed by atoms with Gasteiger partial charge in [-0.15, -0.1) is 0 Å². The van der Waals surface area contributed by atoms with Gasteiger partial charge in [-0.25, -0.2) is 14.2 Å². The number of aromatic carboxylic acids is 1. The van der Waals surface area contributed by atoms with Crippen molar-refractivity contribution in [2.75, 3.05) is 0 Å². The van der Waals surface area contributed by atoms with E-state index in [0.717, 1.165) is 0 Å². The minimum atomic E-state index is -1.14. The number of ether oxygens (including phenoxy) is 1. The summed E-state index contributed by atoms with van der Waals surface area (Å²) in [6, 6.07) is 7.30. The van der Waals surface area contributed by atoms with Crippen molar-refractivity contribution >= 4 is 5.97 Å². The minimum absolute atomic E-state index is 0.0456. The zero-order chi connectivity index (χ0) is 14.0. The largest absolute Gasteiger partial charge is 0.477 e. The van der Waals surface area contributed by atoms with Gasteiger partial charge in [-0.2, -0.15) is 0 Å². The third-order valence-corrected chi connectivity index (χ3v) is 2.59. The van der Waals surface area contributed by atoms with E-state index in [0.29, 0.717) is 11.3 Å². The second-order valence-corrected chi connectivity index (χ2v) is 4.12. The quantitative estimate of drug-likeness (QED) is 0.920. The van der Waals surface area contributed by atoms with Crippen LogP contribution in [-0.2, 0) is 0 Å². The number of carboxylic acids is 1. The van der Waals surface area contributed by atoms with Crippen molar-refractivity contribution < 1.29 is 19.0 Å². The monoisotopic (exact) mass is 261 g/mol. The first kappa shape index (κ1) is 13.0. The number of carboxylic acid groups (broad SMARTS) is 1. The van der Waals surface area contributed by atoms with E-state index < -0.39 is 11.8 Å². The molecule has 98 valence electrons. The summed E-state index contributed by atoms with van der Waals surface area (Å²) in [7, 11) is 0. The van der Waals surface area contributed by atoms with Gasteiger partial charge >= 0.3 is 5.97 Å². The van der Waals surface area contributed by atoms with Gasteiger partial charge in [0.15, 0.2) is 0 Å². The van der Waals surface area contributed by atoms with Crippen LogP contribution in [0.1, 0.15) is 21.6 Å². The molecule has 0 saturated carbocycles. The lowest BCUT2D eigenvalue weighted by Crippen LogP contribution is -2.03. The normalized spacial score (nSPS) is 10.3. The van der Waals surface area contributed by atoms with Gasteiger partial charge in [-0.05, 0) is 37.6 Å². The van der Waals surface area contributed by atoms with E-state index in [1.165, 1.54) is 12.1 Å². The predicted octanol–water partition coefficient (Wildman–Crippen LogP) is 3.33. The van der Waals surface area contributed by atoms with Crippen LogP contribution in [0.25, 0.3) is 0 Å². The van der Waals surface area contributed by atoms with E-state index >= 15 is 0 Å². The molecule has 0 aliphatic heterocycles. The standard InChI is InChI=1S/C14H12FNO3/c1-8-3-5-10(7-12(8)15)19-13-11(14(17)18)6-4-9(2)16-13/h3-7H,1-2H3,(H,17,18). The number of hydrogen-bond donors (Lipinski definition) is 1. The number of aromatic nitrogens is 1. The second kappa shape index (κ2) is 5.06. The fraction of sp³-hybridized carbons (Fsp3) is 0.143. The predicted molar refractivity (Wildman–Crippen MR) is 67.1 cm³/mol. The van der Waals surface area contributed by atoms with Gasteiger partial charge in [-0.3, -0.25) is 0 Å². The Kier molecular flexibility index (Phi) is 3.46. The molecule has 1 aromatic heterocycles. The minimum Gasteiger partial charge on any atom is -0.477 e. The van der Waals surface area contributed by atoms with Crippen LogP contribution in [0.5, 0.6) is 11.6 Å². The van der Waals surface area contributed by atoms with Crippen LogP contribution >= 0.6 is 0 Å². The molecule has 2 rings (SSSR count). The average Bonchev–Trinajstić information content (AvgIpc) is 2.33. The maximum atomic E-state index is 13.4. The highest BCUT2D eigenvalue weighted by molar-refractivity contribution is 5.90. The molecule has 0 saturated heterocycles. The lowest BCUT2D eigenvalue weighted by atomic mass is 10.2. The van der Waals surface area contributed by atoms with Crippen molar-refractivity contribution in [2.24, 2.45) is 0 Å². The highest BCUT2D eigenvalue weighted by Crippen LogP contribution is 2.25. The lowest BCUT2D eigenvalue weighted by molar-refractivity contribution is 0.0693. The number of carbonyl (C=O) groups is 1. The van der Waals surface area contributed by atoms with E-state index in [9.17, 15) is 9.18 Å². The molecule has 2 aromatic rings. The molecule has 0 spiro atoms. The molecule has 0 atom stereocenters. The molecular formula is C14H12FNO3. The number of aryl methyl sites for hydroxylation is 2. The van der Waals surface area contributed by atoms with Crippen molar-refractivity contribution in [3.05, 3.63) is 53.0 Å². The summed E-state index contributed by atoms with van der Waals surface area (Å²) in [5.74, 6) is -1.39. The molecule has 0 aliphatic carbocycles. The summed E-state index contributed by atoms with van der Waals surface area (Å²) < 4.78 is 18.8. The molecule has 0 bridgehead atoms. The highest BCUT2D eigenvalue weighted by atomic mass is 19.1. The highest BCUT2D eigenvalue weighted by Gasteiger charge is 2.14. The van der Waals surface area contributed by atoms with Crippen LogP contribution in [-0.4, -0.2) is 16.1 Å². The van der Waals surface area contributed by atoms with E-state index in [1.54, 1.807) is 32.0 Å². The smallest absolute Gasteiger partial charge is 0.341 e. The third-order valence-electron chi connectivity index (χ3n) is 2.59. The summed E-state index contributed by atoms with van der Waals surface area (Å²) in [5, 5.41) is 9.04. The molecule has 1 aromatic carbocycles. The summed E-state index contributed by atoms with van der Waals surface area (Å²) >= 11 is 0. The zero-order valence-electron chi connectivity index (χ0n) is 10.5. The zero-order valence-corrected chi connectivity index (χ0v) is 10.5. The van der Waals surface area contributed by atoms with Gasteiger partial charge in [-0.1, -0.05) is 6.07 Å². The molecule has 0 amide bonds. The summed E-state index contributed by atoms with van der Waals surface area (Å²) in [4.78, 5) is 15.1. The van der Waals surface area contributed by atoms with Crippen LogP contribution in [0.3, 0.4) is 0 Å². The Morgan fingerprint density at radius 2 is 2.00 bits per heavy atom. The number of hydrogen-bond acceptors (Lipinski definition) is 3. The fourth-order valence-electron chi connectivity index (χ4n) is 1.52. The fourth-order valence-corrected chi connectivity index (χ4v) is 1.52. The Morgan fingerprint density at radius 3 is 2.63 bits per heavy atom. The Hall–Kier alpha value is -2.43. The van der Waals surface area contributed by atoms with Crippen LogP contribution in [0.15, 0.2) is 30.3 Å². The van der Waals surface area contributed by atoms with Gasteiger partial charge in [0.1, 0.15) is 17.1 Å². The number of pyridine rings is 1. The first-order chi connectivity index (χ1) is 8.97. The van der Waals surface area contributed by atoms with Crippen LogP contribution in [0, 0.1) is 19.7 Å². The van der Waals surface area contributed by atoms with Crippen LogP contribution in [0.4, 0.5) is 4.39 Å². The first-order valence-corrected chi connectivity index (χ1v) is 5.62. The summed E-state index contributed by atoms with van der Waals surface area (Å²) in [6.07, 6.45) is 0. The maximum absolute atomic E-state index is 13.4. The van der Waals surface area contributed by atoms with Crippen LogP contribution < -0.4 is 4.74 Å². The molecule has 5 heteroatoms.